The Hall–Kier alpha value is -2.57. The van der Waals surface area contributed by atoms with Crippen LogP contribution in [-0.4, -0.2) is 47.5 Å². The summed E-state index contributed by atoms with van der Waals surface area (Å²) in [6.07, 6.45) is 4.17. The SMILES string of the molecule is COc1cccc(C(C)(CC(=O)O)NC(=O)C2CC(=O)N(C3CCCC3)C2)c1. The fourth-order valence-corrected chi connectivity index (χ4v) is 4.34. The fourth-order valence-electron chi connectivity index (χ4n) is 4.34. The van der Waals surface area contributed by atoms with E-state index < -0.39 is 17.4 Å². The van der Waals surface area contributed by atoms with Gasteiger partial charge in [-0.1, -0.05) is 25.0 Å². The van der Waals surface area contributed by atoms with E-state index in [9.17, 15) is 19.5 Å². The second-order valence-corrected chi connectivity index (χ2v) is 8.01. The second-order valence-electron chi connectivity index (χ2n) is 8.01. The van der Waals surface area contributed by atoms with Crippen LogP contribution in [0.1, 0.15) is 51.0 Å². The summed E-state index contributed by atoms with van der Waals surface area (Å²) in [7, 11) is 1.54. The van der Waals surface area contributed by atoms with Gasteiger partial charge in [-0.15, -0.1) is 0 Å². The van der Waals surface area contributed by atoms with Gasteiger partial charge in [-0.25, -0.2) is 0 Å². The molecule has 1 saturated carbocycles. The van der Waals surface area contributed by atoms with Gasteiger partial charge in [0, 0.05) is 19.0 Å². The Labute approximate surface area is 165 Å². The number of nitrogens with zero attached hydrogens (tertiary/aromatic N) is 1. The van der Waals surface area contributed by atoms with Crippen LogP contribution < -0.4 is 10.1 Å². The minimum absolute atomic E-state index is 0.0216. The van der Waals surface area contributed by atoms with Crippen molar-refractivity contribution in [2.45, 2.75) is 57.0 Å². The van der Waals surface area contributed by atoms with Crippen molar-refractivity contribution in [1.82, 2.24) is 10.2 Å². The first kappa shape index (κ1) is 20.2. The number of carbonyl (C=O) groups is 3. The van der Waals surface area contributed by atoms with Gasteiger partial charge in [-0.05, 0) is 37.5 Å². The monoisotopic (exact) mass is 388 g/mol. The molecule has 2 amide bonds. The number of carboxylic acid groups (broad SMARTS) is 1. The van der Waals surface area contributed by atoms with Crippen molar-refractivity contribution in [2.24, 2.45) is 5.92 Å². The van der Waals surface area contributed by atoms with Crippen LogP contribution in [0.5, 0.6) is 5.75 Å². The van der Waals surface area contributed by atoms with Crippen molar-refractivity contribution >= 4 is 17.8 Å². The molecule has 2 N–H and O–H groups in total. The zero-order chi connectivity index (χ0) is 20.3. The number of nitrogens with one attached hydrogen (secondary N) is 1. The van der Waals surface area contributed by atoms with Gasteiger partial charge in [-0.2, -0.15) is 0 Å². The highest BCUT2D eigenvalue weighted by Crippen LogP contribution is 2.32. The van der Waals surface area contributed by atoms with E-state index in [2.05, 4.69) is 5.32 Å². The van der Waals surface area contributed by atoms with E-state index in [4.69, 9.17) is 4.74 Å². The first-order valence-electron chi connectivity index (χ1n) is 9.80. The summed E-state index contributed by atoms with van der Waals surface area (Å²) in [4.78, 5) is 38.7. The van der Waals surface area contributed by atoms with Gasteiger partial charge >= 0.3 is 5.97 Å². The van der Waals surface area contributed by atoms with E-state index >= 15 is 0 Å². The molecule has 0 bridgehead atoms. The molecule has 2 fully saturated rings. The van der Waals surface area contributed by atoms with E-state index in [1.54, 1.807) is 31.2 Å². The molecular formula is C21H28N2O5. The first-order valence-corrected chi connectivity index (χ1v) is 9.80. The lowest BCUT2D eigenvalue weighted by atomic mass is 9.87. The Morgan fingerprint density at radius 2 is 2.04 bits per heavy atom. The molecule has 152 valence electrons. The normalized spacial score (nSPS) is 22.1. The molecule has 1 aliphatic heterocycles. The summed E-state index contributed by atoms with van der Waals surface area (Å²) in [6.45, 7) is 2.11. The van der Waals surface area contributed by atoms with E-state index in [1.165, 1.54) is 7.11 Å². The van der Waals surface area contributed by atoms with E-state index in [0.717, 1.165) is 25.7 Å². The summed E-state index contributed by atoms with van der Waals surface area (Å²) >= 11 is 0. The quantitative estimate of drug-likeness (QED) is 0.747. The summed E-state index contributed by atoms with van der Waals surface area (Å²) in [5.74, 6) is -1.13. The third-order valence-electron chi connectivity index (χ3n) is 5.91. The number of ether oxygens (including phenoxy) is 1. The number of amides is 2. The van der Waals surface area contributed by atoms with Gasteiger partial charge in [0.25, 0.3) is 0 Å². The first-order chi connectivity index (χ1) is 13.3. The maximum Gasteiger partial charge on any atom is 0.306 e. The topological polar surface area (TPSA) is 95.9 Å². The molecule has 0 spiro atoms. The van der Waals surface area contributed by atoms with Gasteiger partial charge in [0.15, 0.2) is 0 Å². The van der Waals surface area contributed by atoms with Crippen LogP contribution in [-0.2, 0) is 19.9 Å². The molecule has 0 radical (unpaired) electrons. The van der Waals surface area contributed by atoms with Crippen LogP contribution in [0.3, 0.4) is 0 Å². The average molecular weight is 388 g/mol. The lowest BCUT2D eigenvalue weighted by Gasteiger charge is -2.31. The number of likely N-dealkylation sites (tertiary alicyclic amines) is 1. The van der Waals surface area contributed by atoms with E-state index in [0.29, 0.717) is 17.9 Å². The highest BCUT2D eigenvalue weighted by molar-refractivity contribution is 5.90. The third kappa shape index (κ3) is 4.29. The van der Waals surface area contributed by atoms with Gasteiger partial charge in [0.2, 0.25) is 11.8 Å². The number of carbonyl (C=O) groups excluding carboxylic acids is 2. The largest absolute Gasteiger partial charge is 0.497 e. The standard InChI is InChI=1S/C21H28N2O5/c1-21(12-19(25)26,15-6-5-9-17(11-15)28-2)22-20(27)14-10-18(24)23(13-14)16-7-3-4-8-16/h5-6,9,11,14,16H,3-4,7-8,10,12-13H2,1-2H3,(H,22,27)(H,25,26). The number of rotatable bonds is 7. The Balaban J connectivity index is 1.76. The van der Waals surface area contributed by atoms with Crippen molar-refractivity contribution in [3.8, 4) is 5.75 Å². The van der Waals surface area contributed by atoms with Crippen LogP contribution in [0.2, 0.25) is 0 Å². The molecule has 1 aliphatic carbocycles. The van der Waals surface area contributed by atoms with Crippen molar-refractivity contribution < 1.29 is 24.2 Å². The third-order valence-corrected chi connectivity index (χ3v) is 5.91. The molecular weight excluding hydrogens is 360 g/mol. The Morgan fingerprint density at radius 1 is 1.32 bits per heavy atom. The maximum atomic E-state index is 13.0. The molecule has 1 saturated heterocycles. The molecule has 28 heavy (non-hydrogen) atoms. The Bertz CT molecular complexity index is 759. The predicted molar refractivity (Wildman–Crippen MR) is 103 cm³/mol. The molecule has 1 aromatic carbocycles. The van der Waals surface area contributed by atoms with Crippen molar-refractivity contribution in [2.75, 3.05) is 13.7 Å². The van der Waals surface area contributed by atoms with Crippen LogP contribution in [0.15, 0.2) is 24.3 Å². The molecule has 0 aromatic heterocycles. The summed E-state index contributed by atoms with van der Waals surface area (Å²) in [5, 5.41) is 12.3. The zero-order valence-electron chi connectivity index (χ0n) is 16.4. The number of aliphatic carboxylic acids is 1. The van der Waals surface area contributed by atoms with Gasteiger partial charge < -0.3 is 20.1 Å². The highest BCUT2D eigenvalue weighted by atomic mass is 16.5. The molecule has 7 nitrogen and oxygen atoms in total. The Kier molecular flexibility index (Phi) is 5.91. The molecule has 1 heterocycles. The van der Waals surface area contributed by atoms with Crippen LogP contribution in [0.4, 0.5) is 0 Å². The van der Waals surface area contributed by atoms with Crippen molar-refractivity contribution in [3.63, 3.8) is 0 Å². The average Bonchev–Trinajstić information content (AvgIpc) is 3.30. The summed E-state index contributed by atoms with van der Waals surface area (Å²) < 4.78 is 5.23. The minimum Gasteiger partial charge on any atom is -0.497 e. The van der Waals surface area contributed by atoms with E-state index in [1.807, 2.05) is 4.90 Å². The Morgan fingerprint density at radius 3 is 2.68 bits per heavy atom. The molecule has 2 aliphatic rings. The van der Waals surface area contributed by atoms with Crippen molar-refractivity contribution in [1.29, 1.82) is 0 Å². The number of hydrogen-bond donors (Lipinski definition) is 2. The summed E-state index contributed by atoms with van der Waals surface area (Å²) in [5.41, 5.74) is -0.444. The highest BCUT2D eigenvalue weighted by Gasteiger charge is 2.41. The molecule has 1 aromatic rings. The van der Waals surface area contributed by atoms with Gasteiger partial charge in [0.1, 0.15) is 5.75 Å². The number of hydrogen-bond acceptors (Lipinski definition) is 4. The van der Waals surface area contributed by atoms with E-state index in [-0.39, 0.29) is 30.7 Å². The summed E-state index contributed by atoms with van der Waals surface area (Å²) in [6, 6.07) is 7.28. The lowest BCUT2D eigenvalue weighted by molar-refractivity contribution is -0.139. The molecule has 2 unspecified atom stereocenters. The predicted octanol–water partition coefficient (Wildman–Crippen LogP) is 2.29. The van der Waals surface area contributed by atoms with Gasteiger partial charge in [0.05, 0.1) is 25.0 Å². The molecule has 2 atom stereocenters. The van der Waals surface area contributed by atoms with Crippen LogP contribution in [0.25, 0.3) is 0 Å². The molecule has 3 rings (SSSR count). The van der Waals surface area contributed by atoms with Crippen LogP contribution >= 0.6 is 0 Å². The smallest absolute Gasteiger partial charge is 0.306 e. The van der Waals surface area contributed by atoms with Gasteiger partial charge in [-0.3, -0.25) is 14.4 Å². The fraction of sp³-hybridized carbons (Fsp3) is 0.571. The second kappa shape index (κ2) is 8.20. The molecule has 7 heteroatoms. The van der Waals surface area contributed by atoms with Crippen molar-refractivity contribution in [3.05, 3.63) is 29.8 Å². The maximum absolute atomic E-state index is 13.0. The lowest BCUT2D eigenvalue weighted by Crippen LogP contribution is -2.48. The number of methoxy groups -OCH3 is 1. The number of benzene rings is 1. The number of carboxylic acids is 1. The van der Waals surface area contributed by atoms with Crippen LogP contribution in [0, 0.1) is 5.92 Å². The minimum atomic E-state index is -1.10. The zero-order valence-corrected chi connectivity index (χ0v) is 16.4.